The van der Waals surface area contributed by atoms with Crippen LogP contribution in [0.25, 0.3) is 12.2 Å². The van der Waals surface area contributed by atoms with Gasteiger partial charge in [-0.1, -0.05) is 47.5 Å². The highest BCUT2D eigenvalue weighted by Gasteiger charge is 2.29. The molecule has 0 unspecified atom stereocenters. The molecule has 0 atom stereocenters. The van der Waals surface area contributed by atoms with Crippen molar-refractivity contribution < 1.29 is 9.59 Å². The molecule has 2 aromatic rings. The lowest BCUT2D eigenvalue weighted by molar-refractivity contribution is -0.119. The summed E-state index contributed by atoms with van der Waals surface area (Å²) in [5.41, 5.74) is 1.84. The van der Waals surface area contributed by atoms with Gasteiger partial charge in [-0.25, -0.2) is 0 Å². The minimum atomic E-state index is -0.127. The highest BCUT2D eigenvalue weighted by Crippen LogP contribution is 2.26. The van der Waals surface area contributed by atoms with E-state index in [1.165, 1.54) is 12.2 Å². The molecule has 0 bridgehead atoms. The van der Waals surface area contributed by atoms with Crippen LogP contribution in [0.4, 0.5) is 0 Å². The van der Waals surface area contributed by atoms with Crippen molar-refractivity contribution in [1.82, 2.24) is 10.6 Å². The van der Waals surface area contributed by atoms with Crippen LogP contribution in [-0.4, -0.2) is 24.4 Å². The predicted molar refractivity (Wildman–Crippen MR) is 119 cm³/mol. The summed E-state index contributed by atoms with van der Waals surface area (Å²) in [6.07, 6.45) is 8.28. The first-order valence-corrected chi connectivity index (χ1v) is 10.2. The van der Waals surface area contributed by atoms with Crippen LogP contribution in [0.3, 0.4) is 0 Å². The van der Waals surface area contributed by atoms with Crippen LogP contribution in [0.2, 0.25) is 10.0 Å². The number of halogens is 2. The van der Waals surface area contributed by atoms with Gasteiger partial charge in [0.2, 0.25) is 11.8 Å². The molecule has 1 saturated carbocycles. The van der Waals surface area contributed by atoms with E-state index in [9.17, 15) is 9.59 Å². The van der Waals surface area contributed by atoms with Crippen LogP contribution < -0.4 is 10.6 Å². The maximum absolute atomic E-state index is 12.0. The van der Waals surface area contributed by atoms with Gasteiger partial charge in [0.25, 0.3) is 0 Å². The van der Waals surface area contributed by atoms with Crippen LogP contribution in [0.5, 0.6) is 0 Å². The second-order valence-corrected chi connectivity index (χ2v) is 7.93. The molecule has 2 aromatic carbocycles. The van der Waals surface area contributed by atoms with E-state index in [4.69, 9.17) is 23.2 Å². The Morgan fingerprint density at radius 2 is 1.31 bits per heavy atom. The first-order chi connectivity index (χ1) is 14.0. The minimum Gasteiger partial charge on any atom is -0.352 e. The molecule has 2 N–H and O–H groups in total. The number of hydrogen-bond acceptors (Lipinski definition) is 2. The first-order valence-electron chi connectivity index (χ1n) is 9.43. The Bertz CT molecular complexity index is 899. The summed E-state index contributed by atoms with van der Waals surface area (Å²) >= 11 is 11.7. The van der Waals surface area contributed by atoms with Crippen LogP contribution in [0.15, 0.2) is 60.7 Å². The molecule has 150 valence electrons. The molecule has 3 rings (SSSR count). The van der Waals surface area contributed by atoms with E-state index in [2.05, 4.69) is 10.6 Å². The highest BCUT2D eigenvalue weighted by molar-refractivity contribution is 6.30. The molecule has 0 aliphatic heterocycles. The molecule has 0 spiro atoms. The van der Waals surface area contributed by atoms with E-state index in [-0.39, 0.29) is 17.9 Å². The number of amides is 2. The molecule has 2 amide bonds. The van der Waals surface area contributed by atoms with Crippen LogP contribution in [0, 0.1) is 5.92 Å². The molecule has 0 saturated heterocycles. The van der Waals surface area contributed by atoms with Crippen molar-refractivity contribution in [2.24, 2.45) is 5.92 Å². The molecule has 1 fully saturated rings. The number of hydrogen-bond donors (Lipinski definition) is 2. The summed E-state index contributed by atoms with van der Waals surface area (Å²) in [5, 5.41) is 7.21. The van der Waals surface area contributed by atoms with Gasteiger partial charge in [0.05, 0.1) is 0 Å². The van der Waals surface area contributed by atoms with Gasteiger partial charge in [-0.05, 0) is 66.3 Å². The van der Waals surface area contributed by atoms with Gasteiger partial charge in [-0.3, -0.25) is 9.59 Å². The second-order valence-electron chi connectivity index (χ2n) is 7.06. The van der Waals surface area contributed by atoms with Gasteiger partial charge < -0.3 is 10.6 Å². The average Bonchev–Trinajstić information content (AvgIpc) is 2.68. The maximum atomic E-state index is 12.0. The third-order valence-corrected chi connectivity index (χ3v) is 5.25. The molecule has 29 heavy (non-hydrogen) atoms. The fraction of sp³-hybridized carbons (Fsp3) is 0.217. The monoisotopic (exact) mass is 428 g/mol. The van der Waals surface area contributed by atoms with Gasteiger partial charge in [0.1, 0.15) is 0 Å². The third kappa shape index (κ3) is 7.08. The van der Waals surface area contributed by atoms with E-state index >= 15 is 0 Å². The summed E-state index contributed by atoms with van der Waals surface area (Å²) in [6, 6.07) is 14.7. The Kier molecular flexibility index (Phi) is 7.50. The summed E-state index contributed by atoms with van der Waals surface area (Å²) in [5.74, 6) is 0.144. The lowest BCUT2D eigenvalue weighted by Gasteiger charge is -2.35. The zero-order valence-corrected chi connectivity index (χ0v) is 17.3. The minimum absolute atomic E-state index is 0.113. The van der Waals surface area contributed by atoms with Crippen molar-refractivity contribution >= 4 is 47.2 Å². The Labute approximate surface area is 180 Å². The van der Waals surface area contributed by atoms with E-state index in [1.54, 1.807) is 36.4 Å². The smallest absolute Gasteiger partial charge is 0.244 e. The summed E-state index contributed by atoms with van der Waals surface area (Å²) < 4.78 is 0. The topological polar surface area (TPSA) is 58.2 Å². The fourth-order valence-corrected chi connectivity index (χ4v) is 3.32. The number of nitrogens with one attached hydrogen (secondary N) is 2. The van der Waals surface area contributed by atoms with E-state index in [0.717, 1.165) is 24.0 Å². The molecule has 6 heteroatoms. The average molecular weight is 429 g/mol. The van der Waals surface area contributed by atoms with Crippen molar-refractivity contribution in [2.75, 3.05) is 6.54 Å². The third-order valence-electron chi connectivity index (χ3n) is 4.74. The largest absolute Gasteiger partial charge is 0.352 e. The van der Waals surface area contributed by atoms with Crippen LogP contribution in [-0.2, 0) is 9.59 Å². The molecule has 4 nitrogen and oxygen atoms in total. The quantitative estimate of drug-likeness (QED) is 0.626. The van der Waals surface area contributed by atoms with Gasteiger partial charge in [-0.2, -0.15) is 0 Å². The molecular weight excluding hydrogens is 407 g/mol. The van der Waals surface area contributed by atoms with Gasteiger partial charge in [-0.15, -0.1) is 0 Å². The Hall–Kier alpha value is -2.56. The Morgan fingerprint density at radius 1 is 0.828 bits per heavy atom. The van der Waals surface area contributed by atoms with E-state index in [1.807, 2.05) is 24.3 Å². The first kappa shape index (κ1) is 21.2. The molecular formula is C23H22Cl2N2O2. The highest BCUT2D eigenvalue weighted by atomic mass is 35.5. The lowest BCUT2D eigenvalue weighted by atomic mass is 9.80. The van der Waals surface area contributed by atoms with Crippen molar-refractivity contribution in [2.45, 2.75) is 18.9 Å². The summed E-state index contributed by atoms with van der Waals surface area (Å²) in [4.78, 5) is 23.9. The van der Waals surface area contributed by atoms with Crippen molar-refractivity contribution in [3.05, 3.63) is 81.9 Å². The van der Waals surface area contributed by atoms with Crippen LogP contribution >= 0.6 is 23.2 Å². The van der Waals surface area contributed by atoms with Gasteiger partial charge >= 0.3 is 0 Å². The summed E-state index contributed by atoms with van der Waals surface area (Å²) in [7, 11) is 0. The Balaban J connectivity index is 1.32. The lowest BCUT2D eigenvalue weighted by Crippen LogP contribution is -2.47. The van der Waals surface area contributed by atoms with E-state index in [0.29, 0.717) is 22.5 Å². The van der Waals surface area contributed by atoms with Crippen molar-refractivity contribution in [1.29, 1.82) is 0 Å². The van der Waals surface area contributed by atoms with Crippen LogP contribution in [0.1, 0.15) is 24.0 Å². The number of carbonyl (C=O) groups is 2. The van der Waals surface area contributed by atoms with Crippen molar-refractivity contribution in [3.8, 4) is 0 Å². The molecule has 0 aromatic heterocycles. The number of carbonyl (C=O) groups excluding carboxylic acids is 2. The van der Waals surface area contributed by atoms with Gasteiger partial charge in [0, 0.05) is 34.8 Å². The zero-order valence-electron chi connectivity index (χ0n) is 15.8. The molecule has 0 radical (unpaired) electrons. The second kappa shape index (κ2) is 10.3. The predicted octanol–water partition coefficient (Wildman–Crippen LogP) is 4.73. The molecule has 0 heterocycles. The van der Waals surface area contributed by atoms with Crippen molar-refractivity contribution in [3.63, 3.8) is 0 Å². The number of rotatable bonds is 7. The summed E-state index contributed by atoms with van der Waals surface area (Å²) in [6.45, 7) is 0.608. The Morgan fingerprint density at radius 3 is 1.83 bits per heavy atom. The normalized spacial score (nSPS) is 18.6. The maximum Gasteiger partial charge on any atom is 0.244 e. The molecule has 1 aliphatic rings. The van der Waals surface area contributed by atoms with Gasteiger partial charge in [0.15, 0.2) is 0 Å². The molecule has 1 aliphatic carbocycles. The zero-order chi connectivity index (χ0) is 20.6. The fourth-order valence-electron chi connectivity index (χ4n) is 3.06. The number of benzene rings is 2. The SMILES string of the molecule is O=C(/C=C/c1ccc(Cl)cc1)NCC1CC(NC(=O)/C=C/c2ccc(Cl)cc2)C1. The standard InChI is InChI=1S/C23H22Cl2N2O2/c24-19-7-1-16(2-8-19)5-11-22(28)26-15-18-13-21(14-18)27-23(29)12-6-17-3-9-20(25)10-4-17/h1-12,18,21H,13-15H2,(H,26,28)(H,27,29)/b11-5+,12-6+. The van der Waals surface area contributed by atoms with E-state index < -0.39 is 0 Å².